The van der Waals surface area contributed by atoms with Gasteiger partial charge in [0.1, 0.15) is 5.01 Å². The van der Waals surface area contributed by atoms with Crippen LogP contribution in [0, 0.1) is 0 Å². The summed E-state index contributed by atoms with van der Waals surface area (Å²) in [5, 5.41) is 11.9. The van der Waals surface area contributed by atoms with E-state index < -0.39 is 15.9 Å². The first kappa shape index (κ1) is 19.4. The van der Waals surface area contributed by atoms with Crippen molar-refractivity contribution in [2.75, 3.05) is 19.5 Å². The number of carbonyl (C=O) groups excluding carboxylic acids is 1. The molecule has 0 radical (unpaired) electrons. The third-order valence-corrected chi connectivity index (χ3v) is 6.00. The van der Waals surface area contributed by atoms with Crippen molar-refractivity contribution in [2.45, 2.75) is 31.1 Å². The molecule has 0 bridgehead atoms. The number of aryl methyl sites for hydroxylation is 1. The van der Waals surface area contributed by atoms with Crippen LogP contribution in [0.2, 0.25) is 0 Å². The fourth-order valence-corrected chi connectivity index (χ4v) is 3.74. The number of aromatic nitrogens is 2. The summed E-state index contributed by atoms with van der Waals surface area (Å²) in [5.74, 6) is -0.449. The Hall–Kier alpha value is -1.88. The highest BCUT2D eigenvalue weighted by molar-refractivity contribution is 7.89. The van der Waals surface area contributed by atoms with Crippen LogP contribution in [-0.4, -0.2) is 43.1 Å². The summed E-state index contributed by atoms with van der Waals surface area (Å²) in [5.41, 5.74) is 0.205. The molecule has 0 fully saturated rings. The van der Waals surface area contributed by atoms with Gasteiger partial charge in [-0.25, -0.2) is 8.42 Å². The average Bonchev–Trinajstić information content (AvgIpc) is 3.06. The van der Waals surface area contributed by atoms with E-state index in [-0.39, 0.29) is 10.5 Å². The summed E-state index contributed by atoms with van der Waals surface area (Å²) < 4.78 is 25.2. The summed E-state index contributed by atoms with van der Waals surface area (Å²) in [6, 6.07) is 5.72. The zero-order chi connectivity index (χ0) is 18.4. The Labute approximate surface area is 150 Å². The molecule has 8 nitrogen and oxygen atoms in total. The molecule has 2 aromatic rings. The Bertz CT molecular complexity index is 836. The quantitative estimate of drug-likeness (QED) is 0.701. The Morgan fingerprint density at radius 3 is 2.80 bits per heavy atom. The van der Waals surface area contributed by atoms with Crippen LogP contribution in [0.15, 0.2) is 29.2 Å². The third-order valence-electron chi connectivity index (χ3n) is 3.42. The Balaban J connectivity index is 2.15. The molecule has 0 aliphatic rings. The van der Waals surface area contributed by atoms with Gasteiger partial charge < -0.3 is 0 Å². The lowest BCUT2D eigenvalue weighted by molar-refractivity contribution is -0.0258. The van der Waals surface area contributed by atoms with E-state index in [9.17, 15) is 13.2 Å². The number of sulfonamides is 1. The first-order valence-electron chi connectivity index (χ1n) is 7.65. The molecular weight excluding hydrogens is 364 g/mol. The number of hydrogen-bond acceptors (Lipinski definition) is 7. The number of hydroxylamine groups is 1. The predicted octanol–water partition coefficient (Wildman–Crippen LogP) is 2.31. The Kier molecular flexibility index (Phi) is 6.59. The number of carbonyl (C=O) groups is 1. The van der Waals surface area contributed by atoms with Gasteiger partial charge in [-0.2, -0.15) is 0 Å². The van der Waals surface area contributed by atoms with E-state index in [1.807, 2.05) is 0 Å². The first-order valence-corrected chi connectivity index (χ1v) is 9.91. The summed E-state index contributed by atoms with van der Waals surface area (Å²) in [6.07, 6.45) is 2.88. The minimum Gasteiger partial charge on any atom is -0.296 e. The molecule has 0 aliphatic carbocycles. The van der Waals surface area contributed by atoms with Crippen LogP contribution in [0.1, 0.15) is 35.1 Å². The van der Waals surface area contributed by atoms with Gasteiger partial charge in [-0.3, -0.25) is 14.9 Å². The second kappa shape index (κ2) is 8.48. The second-order valence-electron chi connectivity index (χ2n) is 5.18. The average molecular weight is 384 g/mol. The molecule has 1 aromatic heterocycles. The number of nitrogens with one attached hydrogen (secondary N) is 1. The normalized spacial score (nSPS) is 11.7. The maximum Gasteiger partial charge on any atom is 0.264 e. The number of anilines is 1. The molecule has 25 heavy (non-hydrogen) atoms. The van der Waals surface area contributed by atoms with Crippen LogP contribution in [0.5, 0.6) is 0 Å². The lowest BCUT2D eigenvalue weighted by Gasteiger charge is -2.14. The van der Waals surface area contributed by atoms with Crippen molar-refractivity contribution in [2.24, 2.45) is 0 Å². The van der Waals surface area contributed by atoms with Gasteiger partial charge in [0.25, 0.3) is 15.9 Å². The van der Waals surface area contributed by atoms with Crippen LogP contribution < -0.4 is 5.32 Å². The minimum atomic E-state index is -3.82. The Morgan fingerprint density at radius 2 is 2.12 bits per heavy atom. The first-order chi connectivity index (χ1) is 11.9. The van der Waals surface area contributed by atoms with Gasteiger partial charge in [0.2, 0.25) is 5.13 Å². The zero-order valence-electron chi connectivity index (χ0n) is 14.2. The fraction of sp³-hybridized carbons (Fsp3) is 0.400. The van der Waals surface area contributed by atoms with Crippen LogP contribution >= 0.6 is 11.3 Å². The molecule has 1 aromatic carbocycles. The molecule has 1 N–H and O–H groups in total. The number of nitrogens with zero attached hydrogens (tertiary/aromatic N) is 3. The molecule has 0 saturated heterocycles. The van der Waals surface area contributed by atoms with Crippen LogP contribution in [-0.2, 0) is 21.3 Å². The van der Waals surface area contributed by atoms with E-state index in [1.54, 1.807) is 0 Å². The number of benzene rings is 1. The van der Waals surface area contributed by atoms with Gasteiger partial charge in [0, 0.05) is 19.0 Å². The van der Waals surface area contributed by atoms with Crippen LogP contribution in [0.3, 0.4) is 0 Å². The number of unbranched alkanes of at least 4 members (excludes halogenated alkanes) is 1. The summed E-state index contributed by atoms with van der Waals surface area (Å²) in [7, 11) is -1.29. The zero-order valence-corrected chi connectivity index (χ0v) is 15.9. The highest BCUT2D eigenvalue weighted by Gasteiger charge is 2.22. The minimum absolute atomic E-state index is 0.0367. The van der Waals surface area contributed by atoms with Crippen molar-refractivity contribution in [1.29, 1.82) is 0 Å². The van der Waals surface area contributed by atoms with Gasteiger partial charge in [-0.05, 0) is 24.6 Å². The van der Waals surface area contributed by atoms with E-state index in [2.05, 4.69) is 22.4 Å². The van der Waals surface area contributed by atoms with Gasteiger partial charge in [0.05, 0.1) is 12.0 Å². The van der Waals surface area contributed by atoms with Crippen LogP contribution in [0.4, 0.5) is 5.13 Å². The van der Waals surface area contributed by atoms with Gasteiger partial charge in [0.15, 0.2) is 0 Å². The van der Waals surface area contributed by atoms with Crippen molar-refractivity contribution in [3.8, 4) is 0 Å². The largest absolute Gasteiger partial charge is 0.296 e. The molecule has 0 aliphatic heterocycles. The fourth-order valence-electron chi connectivity index (χ4n) is 1.95. The molecule has 0 saturated carbocycles. The van der Waals surface area contributed by atoms with E-state index in [0.29, 0.717) is 5.13 Å². The molecule has 0 atom stereocenters. The molecule has 1 amide bonds. The predicted molar refractivity (Wildman–Crippen MR) is 94.9 cm³/mol. The number of rotatable bonds is 8. The topological polar surface area (TPSA) is 101 Å². The summed E-state index contributed by atoms with van der Waals surface area (Å²) in [4.78, 5) is 17.0. The van der Waals surface area contributed by atoms with Gasteiger partial charge >= 0.3 is 0 Å². The van der Waals surface area contributed by atoms with Crippen molar-refractivity contribution in [1.82, 2.24) is 14.7 Å². The second-order valence-corrected chi connectivity index (χ2v) is 8.18. The molecule has 10 heteroatoms. The molecule has 0 unspecified atom stereocenters. The standard InChI is InChI=1S/C15H20N4O4S2/c1-4-5-9-13-17-18-15(24-13)16-14(20)11-7-6-8-12(10-11)25(21,22)19(2)23-3/h6-8,10H,4-5,9H2,1-3H3,(H,16,18,20). The van der Waals surface area contributed by atoms with Crippen LogP contribution in [0.25, 0.3) is 0 Å². The van der Waals surface area contributed by atoms with E-state index >= 15 is 0 Å². The highest BCUT2D eigenvalue weighted by atomic mass is 32.2. The highest BCUT2D eigenvalue weighted by Crippen LogP contribution is 2.20. The molecule has 2 rings (SSSR count). The SMILES string of the molecule is CCCCc1nnc(NC(=O)c2cccc(S(=O)(=O)N(C)OC)c2)s1. The smallest absolute Gasteiger partial charge is 0.264 e. The summed E-state index contributed by atoms with van der Waals surface area (Å²) in [6.45, 7) is 2.09. The summed E-state index contributed by atoms with van der Waals surface area (Å²) >= 11 is 1.31. The molecule has 0 spiro atoms. The van der Waals surface area contributed by atoms with E-state index in [0.717, 1.165) is 28.7 Å². The molecule has 1 heterocycles. The molecule has 136 valence electrons. The van der Waals surface area contributed by atoms with E-state index in [1.165, 1.54) is 49.8 Å². The lowest BCUT2D eigenvalue weighted by Crippen LogP contribution is -2.26. The van der Waals surface area contributed by atoms with Crippen molar-refractivity contribution in [3.05, 3.63) is 34.8 Å². The Morgan fingerprint density at radius 1 is 1.36 bits per heavy atom. The van der Waals surface area contributed by atoms with Crippen molar-refractivity contribution < 1.29 is 18.0 Å². The van der Waals surface area contributed by atoms with Gasteiger partial charge in [-0.15, -0.1) is 10.2 Å². The molecular formula is C15H20N4O4S2. The monoisotopic (exact) mass is 384 g/mol. The van der Waals surface area contributed by atoms with E-state index in [4.69, 9.17) is 4.84 Å². The maximum absolute atomic E-state index is 12.3. The number of hydrogen-bond donors (Lipinski definition) is 1. The van der Waals surface area contributed by atoms with Gasteiger partial charge in [-0.1, -0.05) is 35.2 Å². The van der Waals surface area contributed by atoms with Crippen molar-refractivity contribution >= 4 is 32.4 Å². The third kappa shape index (κ3) is 4.82. The van der Waals surface area contributed by atoms with Crippen molar-refractivity contribution in [3.63, 3.8) is 0 Å². The maximum atomic E-state index is 12.3. The number of amides is 1. The lowest BCUT2D eigenvalue weighted by atomic mass is 10.2.